The molecule has 1 aliphatic heterocycles. The number of ether oxygens (including phenoxy) is 2. The highest BCUT2D eigenvalue weighted by molar-refractivity contribution is 14.0. The number of nitrogens with one attached hydrogen (secondary N) is 2. The Bertz CT molecular complexity index is 1000. The van der Waals surface area contributed by atoms with E-state index in [1.54, 1.807) is 7.05 Å². The Kier molecular flexibility index (Phi) is 7.18. The van der Waals surface area contributed by atoms with Crippen LogP contribution in [0.3, 0.4) is 0 Å². The molecular weight excluding hydrogens is 481 g/mol. The van der Waals surface area contributed by atoms with Gasteiger partial charge < -0.3 is 24.5 Å². The standard InChI is InChI=1S/C21H25N5O2.HI/c1-15-5-3-10-26-14-17(24-20(15)26)8-9-23-21(22-2)25-16-6-7-18-19(13-16)28-12-4-11-27-18;/h3,5-7,10,13-14H,4,8-9,11-12H2,1-2H3,(H2,22,23,25);1H. The van der Waals surface area contributed by atoms with Crippen molar-refractivity contribution in [2.45, 2.75) is 19.8 Å². The van der Waals surface area contributed by atoms with Crippen molar-refractivity contribution in [3.8, 4) is 11.5 Å². The van der Waals surface area contributed by atoms with Crippen molar-refractivity contribution in [3.63, 3.8) is 0 Å². The molecule has 0 amide bonds. The van der Waals surface area contributed by atoms with Crippen LogP contribution < -0.4 is 20.1 Å². The summed E-state index contributed by atoms with van der Waals surface area (Å²) in [6, 6.07) is 9.94. The first-order chi connectivity index (χ1) is 13.7. The summed E-state index contributed by atoms with van der Waals surface area (Å²) in [6.45, 7) is 4.16. The van der Waals surface area contributed by atoms with Gasteiger partial charge in [-0.15, -0.1) is 24.0 Å². The number of hydrogen-bond donors (Lipinski definition) is 2. The average Bonchev–Trinajstić information content (AvgIpc) is 2.98. The van der Waals surface area contributed by atoms with Gasteiger partial charge in [0.05, 0.1) is 18.9 Å². The van der Waals surface area contributed by atoms with Gasteiger partial charge in [0.2, 0.25) is 0 Å². The number of aliphatic imine (C=N–C) groups is 1. The van der Waals surface area contributed by atoms with Crippen molar-refractivity contribution in [1.29, 1.82) is 0 Å². The van der Waals surface area contributed by atoms with Crippen LogP contribution in [0, 0.1) is 6.92 Å². The first-order valence-electron chi connectivity index (χ1n) is 9.53. The average molecular weight is 507 g/mol. The molecule has 0 fully saturated rings. The minimum atomic E-state index is 0. The molecule has 3 heterocycles. The van der Waals surface area contributed by atoms with E-state index < -0.39 is 0 Å². The zero-order chi connectivity index (χ0) is 19.3. The summed E-state index contributed by atoms with van der Waals surface area (Å²) < 4.78 is 13.5. The predicted molar refractivity (Wildman–Crippen MR) is 126 cm³/mol. The normalized spacial score (nSPS) is 13.5. The molecule has 154 valence electrons. The van der Waals surface area contributed by atoms with Gasteiger partial charge in [-0.05, 0) is 30.7 Å². The van der Waals surface area contributed by atoms with Gasteiger partial charge in [0.25, 0.3) is 0 Å². The van der Waals surface area contributed by atoms with Gasteiger partial charge in [0.1, 0.15) is 5.65 Å². The first-order valence-corrected chi connectivity index (χ1v) is 9.53. The van der Waals surface area contributed by atoms with E-state index in [0.29, 0.717) is 19.2 Å². The fourth-order valence-electron chi connectivity index (χ4n) is 3.19. The van der Waals surface area contributed by atoms with Crippen molar-refractivity contribution in [2.24, 2.45) is 4.99 Å². The van der Waals surface area contributed by atoms with E-state index in [-0.39, 0.29) is 24.0 Å². The van der Waals surface area contributed by atoms with Gasteiger partial charge in [-0.3, -0.25) is 4.99 Å². The predicted octanol–water partition coefficient (Wildman–Crippen LogP) is 3.65. The van der Waals surface area contributed by atoms with Crippen LogP contribution in [0.1, 0.15) is 17.7 Å². The van der Waals surface area contributed by atoms with Crippen LogP contribution in [0.4, 0.5) is 5.69 Å². The summed E-state index contributed by atoms with van der Waals surface area (Å²) in [5.74, 6) is 2.25. The van der Waals surface area contributed by atoms with Crippen LogP contribution in [-0.4, -0.2) is 42.2 Å². The number of anilines is 1. The van der Waals surface area contributed by atoms with E-state index in [9.17, 15) is 0 Å². The van der Waals surface area contributed by atoms with Gasteiger partial charge in [-0.25, -0.2) is 4.98 Å². The lowest BCUT2D eigenvalue weighted by Gasteiger charge is -2.13. The number of guanidine groups is 1. The van der Waals surface area contributed by atoms with Crippen LogP contribution in [0.25, 0.3) is 5.65 Å². The molecule has 0 aliphatic carbocycles. The Labute approximate surface area is 187 Å². The molecule has 7 nitrogen and oxygen atoms in total. The van der Waals surface area contributed by atoms with E-state index >= 15 is 0 Å². The Morgan fingerprint density at radius 1 is 1.21 bits per heavy atom. The smallest absolute Gasteiger partial charge is 0.195 e. The second kappa shape index (κ2) is 9.82. The number of fused-ring (bicyclic) bond motifs is 2. The van der Waals surface area contributed by atoms with Gasteiger partial charge in [0, 0.05) is 50.6 Å². The molecule has 2 N–H and O–H groups in total. The number of imidazole rings is 1. The summed E-state index contributed by atoms with van der Waals surface area (Å²) in [5.41, 5.74) is 4.13. The molecule has 8 heteroatoms. The SMILES string of the molecule is CN=C(NCCc1cn2cccc(C)c2n1)Nc1ccc2c(c1)OCCCO2.I. The van der Waals surface area contributed by atoms with Crippen molar-refractivity contribution < 1.29 is 9.47 Å². The molecule has 29 heavy (non-hydrogen) atoms. The number of halogens is 1. The zero-order valence-electron chi connectivity index (χ0n) is 16.6. The van der Waals surface area contributed by atoms with Gasteiger partial charge in [-0.1, -0.05) is 6.07 Å². The Hall–Kier alpha value is -2.49. The molecule has 3 aromatic rings. The van der Waals surface area contributed by atoms with Crippen LogP contribution in [0.5, 0.6) is 11.5 Å². The van der Waals surface area contributed by atoms with Gasteiger partial charge >= 0.3 is 0 Å². The van der Waals surface area contributed by atoms with Crippen molar-refractivity contribution in [2.75, 3.05) is 32.1 Å². The Morgan fingerprint density at radius 2 is 2.03 bits per heavy atom. The Morgan fingerprint density at radius 3 is 2.83 bits per heavy atom. The molecule has 0 atom stereocenters. The number of pyridine rings is 1. The molecule has 0 radical (unpaired) electrons. The molecule has 0 saturated carbocycles. The van der Waals surface area contributed by atoms with Crippen LogP contribution in [-0.2, 0) is 6.42 Å². The van der Waals surface area contributed by atoms with E-state index in [1.165, 1.54) is 5.56 Å². The molecule has 0 spiro atoms. The maximum absolute atomic E-state index is 5.75. The number of benzene rings is 1. The van der Waals surface area contributed by atoms with Crippen molar-refractivity contribution in [3.05, 3.63) is 54.0 Å². The lowest BCUT2D eigenvalue weighted by atomic mass is 10.2. The molecule has 0 saturated heterocycles. The maximum atomic E-state index is 5.75. The summed E-state index contributed by atoms with van der Waals surface area (Å²) in [7, 11) is 1.76. The van der Waals surface area contributed by atoms with Gasteiger partial charge in [0.15, 0.2) is 17.5 Å². The number of hydrogen-bond acceptors (Lipinski definition) is 4. The van der Waals surface area contributed by atoms with Crippen LogP contribution >= 0.6 is 24.0 Å². The number of nitrogens with zero attached hydrogens (tertiary/aromatic N) is 3. The summed E-state index contributed by atoms with van der Waals surface area (Å²) >= 11 is 0. The molecule has 1 aromatic carbocycles. The quantitative estimate of drug-likeness (QED) is 0.321. The monoisotopic (exact) mass is 507 g/mol. The van der Waals surface area contributed by atoms with Gasteiger partial charge in [-0.2, -0.15) is 0 Å². The minimum Gasteiger partial charge on any atom is -0.490 e. The highest BCUT2D eigenvalue weighted by atomic mass is 127. The molecule has 4 rings (SSSR count). The Balaban J connectivity index is 0.00000240. The number of aromatic nitrogens is 2. The van der Waals surface area contributed by atoms with E-state index in [4.69, 9.17) is 14.5 Å². The molecular formula is C21H26IN5O2. The van der Waals surface area contributed by atoms with E-state index in [2.05, 4.69) is 39.2 Å². The minimum absolute atomic E-state index is 0. The number of rotatable bonds is 4. The first kappa shape index (κ1) is 21.2. The van der Waals surface area contributed by atoms with Crippen molar-refractivity contribution >= 4 is 41.3 Å². The topological polar surface area (TPSA) is 72.2 Å². The largest absolute Gasteiger partial charge is 0.490 e. The molecule has 0 bridgehead atoms. The fraction of sp³-hybridized carbons (Fsp3) is 0.333. The molecule has 0 unspecified atom stereocenters. The maximum Gasteiger partial charge on any atom is 0.195 e. The fourth-order valence-corrected chi connectivity index (χ4v) is 3.19. The third kappa shape index (κ3) is 5.11. The number of aryl methyl sites for hydroxylation is 1. The van der Waals surface area contributed by atoms with E-state index in [0.717, 1.165) is 47.9 Å². The highest BCUT2D eigenvalue weighted by Crippen LogP contribution is 2.32. The molecule has 1 aliphatic rings. The van der Waals surface area contributed by atoms with Crippen LogP contribution in [0.15, 0.2) is 47.7 Å². The second-order valence-corrected chi connectivity index (χ2v) is 6.74. The third-order valence-corrected chi connectivity index (χ3v) is 4.64. The summed E-state index contributed by atoms with van der Waals surface area (Å²) in [6.07, 6.45) is 5.80. The summed E-state index contributed by atoms with van der Waals surface area (Å²) in [4.78, 5) is 9.01. The van der Waals surface area contributed by atoms with Crippen molar-refractivity contribution in [1.82, 2.24) is 14.7 Å². The van der Waals surface area contributed by atoms with Crippen LogP contribution in [0.2, 0.25) is 0 Å². The third-order valence-electron chi connectivity index (χ3n) is 4.64. The molecule has 2 aromatic heterocycles. The lowest BCUT2D eigenvalue weighted by molar-refractivity contribution is 0.297. The second-order valence-electron chi connectivity index (χ2n) is 6.74. The lowest BCUT2D eigenvalue weighted by Crippen LogP contribution is -2.32. The summed E-state index contributed by atoms with van der Waals surface area (Å²) in [5, 5.41) is 6.63. The van der Waals surface area contributed by atoms with E-state index in [1.807, 2.05) is 30.5 Å². The zero-order valence-corrected chi connectivity index (χ0v) is 19.0. The highest BCUT2D eigenvalue weighted by Gasteiger charge is 2.11.